The molecule has 0 radical (unpaired) electrons. The second-order valence-corrected chi connectivity index (χ2v) is 7.87. The van der Waals surface area contributed by atoms with Gasteiger partial charge in [0.15, 0.2) is 0 Å². The molecule has 5 heteroatoms. The van der Waals surface area contributed by atoms with Crippen LogP contribution >= 0.6 is 0 Å². The van der Waals surface area contributed by atoms with Gasteiger partial charge in [-0.15, -0.1) is 0 Å². The third kappa shape index (κ3) is 4.55. The number of aliphatic hydroxyl groups is 1. The average Bonchev–Trinajstić information content (AvgIpc) is 2.96. The molecule has 2 aromatic rings. The summed E-state index contributed by atoms with van der Waals surface area (Å²) in [6, 6.07) is 5.47. The summed E-state index contributed by atoms with van der Waals surface area (Å²) < 4.78 is 5.22. The maximum atomic E-state index is 10.1. The van der Waals surface area contributed by atoms with Crippen molar-refractivity contribution in [1.29, 1.82) is 0 Å². The van der Waals surface area contributed by atoms with E-state index in [1.54, 1.807) is 18.4 Å². The predicted molar refractivity (Wildman–Crippen MR) is 91.6 cm³/mol. The van der Waals surface area contributed by atoms with E-state index in [0.29, 0.717) is 12.3 Å². The smallest absolute Gasteiger partial charge is 0.136 e. The number of hydrogen-bond donors (Lipinski definition) is 2. The van der Waals surface area contributed by atoms with Crippen LogP contribution in [0.3, 0.4) is 0 Å². The molecule has 2 N–H and O–H groups in total. The van der Waals surface area contributed by atoms with Gasteiger partial charge in [0.25, 0.3) is 0 Å². The molecule has 0 aromatic carbocycles. The summed E-state index contributed by atoms with van der Waals surface area (Å²) in [6.07, 6.45) is 0.842. The average molecular weight is 317 g/mol. The van der Waals surface area contributed by atoms with Gasteiger partial charge in [-0.05, 0) is 12.1 Å². The van der Waals surface area contributed by atoms with Gasteiger partial charge in [0, 0.05) is 23.4 Å². The standard InChI is InChI=1S/C18H27N3O2/c1-17(2,3)14-10-15(21-16(20-14)18(4,5)6)19-11-12(22)13-8-7-9-23-13/h7-10,12,22H,11H2,1-6H3,(H,19,20,21). The lowest BCUT2D eigenvalue weighted by atomic mass is 9.90. The van der Waals surface area contributed by atoms with Crippen LogP contribution in [0.15, 0.2) is 28.9 Å². The Kier molecular flexibility index (Phi) is 4.80. The van der Waals surface area contributed by atoms with Gasteiger partial charge in [-0.2, -0.15) is 0 Å². The van der Waals surface area contributed by atoms with Crippen molar-refractivity contribution in [3.8, 4) is 0 Å². The normalized spacial score (nSPS) is 13.9. The van der Waals surface area contributed by atoms with Crippen LogP contribution in [0, 0.1) is 0 Å². The van der Waals surface area contributed by atoms with Gasteiger partial charge in [-0.3, -0.25) is 0 Å². The molecule has 0 fully saturated rings. The Hall–Kier alpha value is -1.88. The molecule has 0 aliphatic rings. The quantitative estimate of drug-likeness (QED) is 0.897. The van der Waals surface area contributed by atoms with Crippen LogP contribution in [0.4, 0.5) is 5.82 Å². The molecule has 1 atom stereocenters. The van der Waals surface area contributed by atoms with Crippen molar-refractivity contribution in [3.05, 3.63) is 41.7 Å². The molecule has 0 saturated carbocycles. The van der Waals surface area contributed by atoms with Crippen molar-refractivity contribution in [2.75, 3.05) is 11.9 Å². The van der Waals surface area contributed by atoms with E-state index < -0.39 is 6.10 Å². The van der Waals surface area contributed by atoms with Crippen LogP contribution in [0.5, 0.6) is 0 Å². The molecule has 5 nitrogen and oxygen atoms in total. The van der Waals surface area contributed by atoms with Crippen LogP contribution in [0.2, 0.25) is 0 Å². The second kappa shape index (κ2) is 6.32. The summed E-state index contributed by atoms with van der Waals surface area (Å²) in [5.41, 5.74) is 0.767. The topological polar surface area (TPSA) is 71.2 Å². The van der Waals surface area contributed by atoms with E-state index in [9.17, 15) is 5.11 Å². The van der Waals surface area contributed by atoms with Crippen LogP contribution in [0.25, 0.3) is 0 Å². The van der Waals surface area contributed by atoms with Gasteiger partial charge >= 0.3 is 0 Å². The number of aliphatic hydroxyl groups excluding tert-OH is 1. The first-order chi connectivity index (χ1) is 10.6. The molecule has 0 bridgehead atoms. The Morgan fingerprint density at radius 3 is 2.35 bits per heavy atom. The lowest BCUT2D eigenvalue weighted by Gasteiger charge is -2.24. The Balaban J connectivity index is 2.23. The summed E-state index contributed by atoms with van der Waals surface area (Å²) in [6.45, 7) is 13.0. The zero-order valence-electron chi connectivity index (χ0n) is 14.8. The first-order valence-corrected chi connectivity index (χ1v) is 7.93. The molecule has 0 amide bonds. The van der Waals surface area contributed by atoms with Crippen LogP contribution in [-0.4, -0.2) is 21.6 Å². The van der Waals surface area contributed by atoms with E-state index in [0.717, 1.165) is 17.3 Å². The lowest BCUT2D eigenvalue weighted by Crippen LogP contribution is -2.23. The first-order valence-electron chi connectivity index (χ1n) is 7.93. The third-order valence-electron chi connectivity index (χ3n) is 3.51. The number of aromatic nitrogens is 2. The predicted octanol–water partition coefficient (Wildman–Crippen LogP) is 3.81. The molecule has 23 heavy (non-hydrogen) atoms. The van der Waals surface area contributed by atoms with Crippen molar-refractivity contribution >= 4 is 5.82 Å². The largest absolute Gasteiger partial charge is 0.467 e. The summed E-state index contributed by atoms with van der Waals surface area (Å²) >= 11 is 0. The van der Waals surface area contributed by atoms with Crippen molar-refractivity contribution in [1.82, 2.24) is 9.97 Å². The highest BCUT2D eigenvalue weighted by molar-refractivity contribution is 5.39. The maximum Gasteiger partial charge on any atom is 0.136 e. The molecule has 0 aliphatic heterocycles. The fraction of sp³-hybridized carbons (Fsp3) is 0.556. The Labute approximate surface area is 138 Å². The number of hydrogen-bond acceptors (Lipinski definition) is 5. The van der Waals surface area contributed by atoms with Gasteiger partial charge in [0.05, 0.1) is 12.0 Å². The molecule has 2 aromatic heterocycles. The zero-order chi connectivity index (χ0) is 17.3. The van der Waals surface area contributed by atoms with E-state index in [4.69, 9.17) is 9.40 Å². The fourth-order valence-corrected chi connectivity index (χ4v) is 2.04. The molecule has 2 heterocycles. The molecule has 126 valence electrons. The van der Waals surface area contributed by atoms with Gasteiger partial charge < -0.3 is 14.8 Å². The number of rotatable bonds is 4. The molecule has 0 aliphatic carbocycles. The summed E-state index contributed by atoms with van der Waals surface area (Å²) in [4.78, 5) is 9.33. The van der Waals surface area contributed by atoms with Crippen molar-refractivity contribution < 1.29 is 9.52 Å². The van der Waals surface area contributed by atoms with E-state index >= 15 is 0 Å². The van der Waals surface area contributed by atoms with Crippen molar-refractivity contribution in [2.24, 2.45) is 0 Å². The van der Waals surface area contributed by atoms with E-state index in [-0.39, 0.29) is 10.8 Å². The molecular weight excluding hydrogens is 290 g/mol. The van der Waals surface area contributed by atoms with Crippen LogP contribution < -0.4 is 5.32 Å². The van der Waals surface area contributed by atoms with Crippen molar-refractivity contribution in [3.63, 3.8) is 0 Å². The van der Waals surface area contributed by atoms with Crippen LogP contribution in [-0.2, 0) is 10.8 Å². The van der Waals surface area contributed by atoms with Gasteiger partial charge in [-0.25, -0.2) is 9.97 Å². The summed E-state index contributed by atoms with van der Waals surface area (Å²) in [5, 5.41) is 13.3. The van der Waals surface area contributed by atoms with Crippen LogP contribution in [0.1, 0.15) is 64.9 Å². The SMILES string of the molecule is CC(C)(C)c1cc(NCC(O)c2ccco2)nc(C(C)(C)C)n1. The maximum absolute atomic E-state index is 10.1. The molecule has 2 rings (SSSR count). The second-order valence-electron chi connectivity index (χ2n) is 7.87. The third-order valence-corrected chi connectivity index (χ3v) is 3.51. The minimum absolute atomic E-state index is 0.0704. The minimum Gasteiger partial charge on any atom is -0.467 e. The molecule has 1 unspecified atom stereocenters. The molecule has 0 saturated heterocycles. The van der Waals surface area contributed by atoms with Gasteiger partial charge in [-0.1, -0.05) is 41.5 Å². The summed E-state index contributed by atoms with van der Waals surface area (Å²) in [5.74, 6) is 2.05. The summed E-state index contributed by atoms with van der Waals surface area (Å²) in [7, 11) is 0. The zero-order valence-corrected chi connectivity index (χ0v) is 14.8. The van der Waals surface area contributed by atoms with E-state index in [1.807, 2.05) is 6.07 Å². The highest BCUT2D eigenvalue weighted by Crippen LogP contribution is 2.27. The van der Waals surface area contributed by atoms with E-state index in [2.05, 4.69) is 51.8 Å². The molecule has 0 spiro atoms. The highest BCUT2D eigenvalue weighted by Gasteiger charge is 2.23. The van der Waals surface area contributed by atoms with Crippen molar-refractivity contribution in [2.45, 2.75) is 58.5 Å². The Morgan fingerprint density at radius 1 is 1.13 bits per heavy atom. The monoisotopic (exact) mass is 317 g/mol. The Morgan fingerprint density at radius 2 is 1.83 bits per heavy atom. The minimum atomic E-state index is -0.712. The number of anilines is 1. The van der Waals surface area contributed by atoms with Gasteiger partial charge in [0.1, 0.15) is 23.5 Å². The fourth-order valence-electron chi connectivity index (χ4n) is 2.04. The number of nitrogens with one attached hydrogen (secondary N) is 1. The highest BCUT2D eigenvalue weighted by atomic mass is 16.4. The Bertz CT molecular complexity index is 605. The first kappa shape index (κ1) is 17.5. The lowest BCUT2D eigenvalue weighted by molar-refractivity contribution is 0.162. The van der Waals surface area contributed by atoms with Gasteiger partial charge in [0.2, 0.25) is 0 Å². The number of furan rings is 1. The molecular formula is C18H27N3O2. The number of nitrogens with zero attached hydrogens (tertiary/aromatic N) is 2. The van der Waals surface area contributed by atoms with E-state index in [1.165, 1.54) is 0 Å².